The molecule has 3 aliphatic heterocycles. The monoisotopic (exact) mass is 1400 g/mol. The number of nitrogens with zero attached hydrogens (tertiary/aromatic N) is 9. The Morgan fingerprint density at radius 3 is 1.34 bits per heavy atom. The number of nitriles is 3. The van der Waals surface area contributed by atoms with Crippen LogP contribution in [0.5, 0.6) is 0 Å². The van der Waals surface area contributed by atoms with Crippen molar-refractivity contribution in [1.82, 2.24) is 38.7 Å². The average molecular weight is 1400 g/mol. The summed E-state index contributed by atoms with van der Waals surface area (Å²) >= 11 is 0. The molecule has 1 aromatic carbocycles. The van der Waals surface area contributed by atoms with E-state index in [1.807, 2.05) is 31.2 Å². The topological polar surface area (TPSA) is 283 Å². The molecule has 6 aromatic rings. The fraction of sp³-hybridized carbons (Fsp3) is 0.423. The molecule has 12 rings (SSSR count). The van der Waals surface area contributed by atoms with Gasteiger partial charge in [-0.05, 0) is 119 Å². The molecule has 2 N–H and O–H groups in total. The maximum Gasteiger partial charge on any atom is 0.252 e. The van der Waals surface area contributed by atoms with Crippen LogP contribution in [0.4, 0.5) is 26.3 Å². The van der Waals surface area contributed by atoms with Crippen LogP contribution in [0.25, 0.3) is 51.6 Å². The van der Waals surface area contributed by atoms with Crippen LogP contribution in [-0.2, 0) is 34.9 Å². The second-order valence-corrected chi connectivity index (χ2v) is 32.2. The number of allylic oxidation sites excluding steroid dienone is 3. The van der Waals surface area contributed by atoms with E-state index < -0.39 is 160 Å². The van der Waals surface area contributed by atoms with Gasteiger partial charge >= 0.3 is 0 Å². The lowest BCUT2D eigenvalue weighted by atomic mass is 9.67. The summed E-state index contributed by atoms with van der Waals surface area (Å²) in [6, 6.07) is 29.7. The predicted molar refractivity (Wildman–Crippen MR) is 358 cm³/mol. The van der Waals surface area contributed by atoms with E-state index in [9.17, 15) is 72.2 Å². The quantitative estimate of drug-likeness (QED) is 0.127. The number of alkyl halides is 6. The van der Waals surface area contributed by atoms with Crippen molar-refractivity contribution in [3.8, 4) is 51.6 Å². The normalized spacial score (nSPS) is 30.3. The molecule has 1 amide bonds. The molecular weight excluding hydrogens is 1330 g/mol. The summed E-state index contributed by atoms with van der Waals surface area (Å²) < 4.78 is 170. The van der Waals surface area contributed by atoms with Crippen LogP contribution in [0.1, 0.15) is 113 Å². The molecule has 98 heavy (non-hydrogen) atoms. The highest BCUT2D eigenvalue weighted by atomic mass is 32.2. The molecule has 0 spiro atoms. The molecule has 3 aliphatic carbocycles. The minimum Gasteiger partial charge on any atom is -0.274 e. The Hall–Kier alpha value is -8.52. The number of pyridine rings is 5. The largest absolute Gasteiger partial charge is 0.274 e. The Labute approximate surface area is 567 Å². The van der Waals surface area contributed by atoms with Crippen LogP contribution in [0.3, 0.4) is 0 Å². The lowest BCUT2D eigenvalue weighted by Crippen LogP contribution is -2.49. The van der Waals surface area contributed by atoms with Gasteiger partial charge in [-0.3, -0.25) is 19.7 Å². The minimum atomic E-state index is -4.17. The summed E-state index contributed by atoms with van der Waals surface area (Å²) in [5.74, 6) is -16.6. The summed E-state index contributed by atoms with van der Waals surface area (Å²) in [5.41, 5.74) is 8.48. The van der Waals surface area contributed by atoms with Crippen LogP contribution in [0, 0.1) is 101 Å². The molecule has 6 fully saturated rings. The number of aryl methyl sites for hydroxylation is 2. The first-order valence-electron chi connectivity index (χ1n) is 31.9. The van der Waals surface area contributed by atoms with E-state index in [1.165, 1.54) is 27.0 Å². The van der Waals surface area contributed by atoms with Crippen molar-refractivity contribution in [1.29, 1.82) is 15.8 Å². The van der Waals surface area contributed by atoms with E-state index in [4.69, 9.17) is 0 Å². The summed E-state index contributed by atoms with van der Waals surface area (Å²) in [6.45, 7) is 14.2. The van der Waals surface area contributed by atoms with E-state index in [2.05, 4.69) is 52.6 Å². The van der Waals surface area contributed by atoms with Crippen LogP contribution >= 0.6 is 0 Å². The molecule has 0 unspecified atom stereocenters. The van der Waals surface area contributed by atoms with Crippen LogP contribution in [0.15, 0.2) is 122 Å². The van der Waals surface area contributed by atoms with Gasteiger partial charge in [0, 0.05) is 143 Å². The second kappa shape index (κ2) is 27.7. The summed E-state index contributed by atoms with van der Waals surface area (Å²) in [5, 5.41) is 24.4. The highest BCUT2D eigenvalue weighted by Crippen LogP contribution is 2.55. The summed E-state index contributed by atoms with van der Waals surface area (Å²) in [7, 11) is -11.7. The highest BCUT2D eigenvalue weighted by Gasteiger charge is 2.65. The number of hydrogen-bond donors (Lipinski definition) is 2. The number of aromatic nitrogens is 5. The molecule has 18 nitrogen and oxygen atoms in total. The Morgan fingerprint density at radius 2 is 0.929 bits per heavy atom. The Bertz CT molecular complexity index is 4650. The van der Waals surface area contributed by atoms with E-state index in [0.717, 1.165) is 33.5 Å². The predicted octanol–water partition coefficient (Wildman–Crippen LogP) is 12.4. The van der Waals surface area contributed by atoms with Crippen LogP contribution in [-0.4, -0.2) is 112 Å². The molecule has 27 heteroatoms. The SMILES string of the molecule is CC(=O)N1[C@H](C)[C@H]2[C@@H](/C=C/c3ccc(-c4cccnc4C#N)c(C)n3)[C@H](C)C(F)(F)C[C@H]2S1(=O)=O.C[C@@H]1[C@H](/C=C/c2ccc(-c3ccccc3C#N)cn2)[C@H]2[C@@H](CC1(F)F)S(=O)(=O)N[C@@H]2C.Cc1nc(/C=C/[C@@H]2[C@H]3[C@@H](CC(F)(F)[C@H]2C)S(=O)(=O)N[C@@H]3C)ccc1-c1cccnc1C#N. The molecule has 15 atom stereocenters. The minimum absolute atomic E-state index is 0.274. The molecule has 0 bridgehead atoms. The molecule has 5 aromatic heterocycles. The van der Waals surface area contributed by atoms with Crippen molar-refractivity contribution in [2.24, 2.45) is 53.3 Å². The lowest BCUT2D eigenvalue weighted by Gasteiger charge is -2.42. The maximum atomic E-state index is 14.9. The van der Waals surface area contributed by atoms with Crippen molar-refractivity contribution in [3.05, 3.63) is 167 Å². The Morgan fingerprint density at radius 1 is 0.520 bits per heavy atom. The molecule has 3 saturated heterocycles. The van der Waals surface area contributed by atoms with Gasteiger partial charge in [-0.1, -0.05) is 75.4 Å². The van der Waals surface area contributed by atoms with Crippen molar-refractivity contribution < 1.29 is 56.4 Å². The van der Waals surface area contributed by atoms with Gasteiger partial charge in [0.2, 0.25) is 36.0 Å². The van der Waals surface area contributed by atoms with Gasteiger partial charge in [0.15, 0.2) is 0 Å². The van der Waals surface area contributed by atoms with Gasteiger partial charge in [0.05, 0.1) is 44.5 Å². The number of sulfonamides is 3. The third-order valence-corrected chi connectivity index (χ3v) is 26.9. The van der Waals surface area contributed by atoms with E-state index in [1.54, 1.807) is 137 Å². The van der Waals surface area contributed by atoms with Crippen molar-refractivity contribution in [2.45, 2.75) is 133 Å². The smallest absolute Gasteiger partial charge is 0.252 e. The van der Waals surface area contributed by atoms with Crippen molar-refractivity contribution in [2.75, 3.05) is 0 Å². The number of nitrogens with one attached hydrogen (secondary N) is 2. The number of hydrogen-bond acceptors (Lipinski definition) is 15. The number of benzene rings is 1. The first-order chi connectivity index (χ1) is 46.1. The molecule has 0 radical (unpaired) electrons. The zero-order valence-electron chi connectivity index (χ0n) is 54.9. The fourth-order valence-corrected chi connectivity index (χ4v) is 22.2. The first kappa shape index (κ1) is 72.2. The van der Waals surface area contributed by atoms with Crippen LogP contribution < -0.4 is 9.44 Å². The molecule has 6 aliphatic rings. The molecule has 3 saturated carbocycles. The number of carbonyl (C=O) groups is 1. The zero-order valence-corrected chi connectivity index (χ0v) is 57.4. The van der Waals surface area contributed by atoms with E-state index >= 15 is 0 Å². The zero-order chi connectivity index (χ0) is 71.4. The van der Waals surface area contributed by atoms with Crippen LogP contribution in [0.2, 0.25) is 0 Å². The molecular formula is C71H73F6N11O7S3. The average Bonchev–Trinajstić information content (AvgIpc) is 1.55. The second-order valence-electron chi connectivity index (χ2n) is 26.3. The Kier molecular flexibility index (Phi) is 20.4. The van der Waals surface area contributed by atoms with Crippen molar-refractivity contribution >= 4 is 54.2 Å². The third-order valence-electron chi connectivity index (χ3n) is 20.6. The van der Waals surface area contributed by atoms with E-state index in [0.29, 0.717) is 50.9 Å². The van der Waals surface area contributed by atoms with Gasteiger partial charge in [0.1, 0.15) is 23.5 Å². The standard InChI is InChI=1S/C25H26F2N4O3S.C23H24F2N4O2S.C23H23F2N3O2S/c1-14-19(24-16(3)31(17(4)32)35(33,34)23(24)12-25(14,26)27)9-7-18-8-10-20(15(2)30-18)21-6-5-11-29-22(21)13-28;1-13-17(22-15(3)29-32(30,31)21(22)11-23(13,24)25)8-6-16-7-9-18(14(2)28-16)19-5-4-10-27-20(19)12-26;1-14-19(22-15(2)28-31(29,30)21(22)11-23(14,24)25)10-9-18-8-7-17(13-27-18)20-6-4-3-5-16(20)12-26/h5-11,14,16,19,23-24H,12H2,1-4H3;4-10,13,15,17,21-22,29H,11H2,1-3H3;3-10,13-15,19,21-22,28H,11H2,1-2H3/b9-7+;8-6+;10-9+/t14-,16+,19-,23+,24-;13-,15+,17-,21+,22-;14-,15-,19+,21-,22+/m001/s1. The maximum absolute atomic E-state index is 14.9. The van der Waals surface area contributed by atoms with Crippen molar-refractivity contribution in [3.63, 3.8) is 0 Å². The fourth-order valence-electron chi connectivity index (χ4n) is 15.4. The van der Waals surface area contributed by atoms with Gasteiger partial charge in [-0.25, -0.2) is 75.3 Å². The summed E-state index contributed by atoms with van der Waals surface area (Å²) in [4.78, 5) is 33.7. The Balaban J connectivity index is 0.000000160. The van der Waals surface area contributed by atoms with Gasteiger partial charge in [0.25, 0.3) is 17.8 Å². The lowest BCUT2D eigenvalue weighted by molar-refractivity contribution is -0.127. The first-order valence-corrected chi connectivity index (χ1v) is 36.5. The highest BCUT2D eigenvalue weighted by molar-refractivity contribution is 7.91. The number of carbonyl (C=O) groups excluding carboxylic acids is 1. The molecule has 514 valence electrons. The number of amides is 1. The number of halogens is 6. The van der Waals surface area contributed by atoms with E-state index in [-0.39, 0.29) is 5.69 Å². The van der Waals surface area contributed by atoms with Gasteiger partial charge in [-0.15, -0.1) is 0 Å². The third kappa shape index (κ3) is 14.0. The summed E-state index contributed by atoms with van der Waals surface area (Å²) in [6.07, 6.45) is 12.6. The van der Waals surface area contributed by atoms with Gasteiger partial charge in [-0.2, -0.15) is 15.8 Å². The number of fused-ring (bicyclic) bond motifs is 3. The van der Waals surface area contributed by atoms with Gasteiger partial charge < -0.3 is 0 Å². The number of rotatable bonds is 9. The molecule has 8 heterocycles.